The Bertz CT molecular complexity index is 949. The molecule has 7 heteroatoms. The summed E-state index contributed by atoms with van der Waals surface area (Å²) >= 11 is 3.20. The maximum Gasteiger partial charge on any atom is 0.257 e. The van der Waals surface area contributed by atoms with Gasteiger partial charge in [-0.15, -0.1) is 0 Å². The highest BCUT2D eigenvalue weighted by atomic mass is 79.9. The first-order valence-corrected chi connectivity index (χ1v) is 10.3. The van der Waals surface area contributed by atoms with Crippen molar-refractivity contribution in [3.63, 3.8) is 0 Å². The first-order chi connectivity index (χ1) is 13.5. The van der Waals surface area contributed by atoms with E-state index in [1.165, 1.54) is 12.1 Å². The van der Waals surface area contributed by atoms with Crippen LogP contribution in [0, 0.1) is 5.82 Å². The Morgan fingerprint density at radius 1 is 1.25 bits per heavy atom. The van der Waals surface area contributed by atoms with Crippen molar-refractivity contribution in [3.8, 4) is 0 Å². The van der Waals surface area contributed by atoms with Gasteiger partial charge in [-0.3, -0.25) is 9.59 Å². The number of carbonyl (C=O) groups is 2. The van der Waals surface area contributed by atoms with Crippen molar-refractivity contribution in [2.45, 2.75) is 32.4 Å². The molecule has 0 unspecified atom stereocenters. The Labute approximate surface area is 171 Å². The van der Waals surface area contributed by atoms with Crippen LogP contribution in [-0.4, -0.2) is 36.0 Å². The van der Waals surface area contributed by atoms with Crippen molar-refractivity contribution in [1.82, 2.24) is 4.90 Å². The summed E-state index contributed by atoms with van der Waals surface area (Å²) in [7, 11) is 0. The molecule has 146 valence electrons. The predicted octanol–water partition coefficient (Wildman–Crippen LogP) is 4.63. The van der Waals surface area contributed by atoms with Crippen molar-refractivity contribution in [2.75, 3.05) is 23.3 Å². The molecule has 0 saturated carbocycles. The number of rotatable bonds is 3. The molecule has 1 saturated heterocycles. The highest BCUT2D eigenvalue weighted by Gasteiger charge is 2.38. The van der Waals surface area contributed by atoms with Gasteiger partial charge < -0.3 is 15.1 Å². The summed E-state index contributed by atoms with van der Waals surface area (Å²) in [6.07, 6.45) is 3.08. The third-order valence-electron chi connectivity index (χ3n) is 5.41. The molecule has 0 radical (unpaired) electrons. The fourth-order valence-corrected chi connectivity index (χ4v) is 4.38. The molecular weight excluding hydrogens is 425 g/mol. The van der Waals surface area contributed by atoms with E-state index in [0.717, 1.165) is 38.0 Å². The van der Waals surface area contributed by atoms with Crippen LogP contribution in [0.4, 0.5) is 15.8 Å². The second kappa shape index (κ2) is 7.54. The van der Waals surface area contributed by atoms with E-state index in [2.05, 4.69) is 33.1 Å². The van der Waals surface area contributed by atoms with Crippen molar-refractivity contribution >= 4 is 39.1 Å². The van der Waals surface area contributed by atoms with Crippen molar-refractivity contribution in [2.24, 2.45) is 0 Å². The van der Waals surface area contributed by atoms with Crippen LogP contribution in [0.3, 0.4) is 0 Å². The van der Waals surface area contributed by atoms with Gasteiger partial charge in [0.15, 0.2) is 0 Å². The second-order valence-electron chi connectivity index (χ2n) is 7.07. The van der Waals surface area contributed by atoms with Gasteiger partial charge in [0.25, 0.3) is 11.8 Å². The SMILES string of the molecule is CCN1c2cc(C(=O)Nc3ccc(Br)cc3F)ccc2C(=O)N2CCCC[C@@H]21. The standard InChI is InChI=1S/C21H21BrFN3O2/c1-2-25-18-11-13(20(27)24-17-9-7-14(22)12-16(17)23)6-8-15(18)21(28)26-10-4-3-5-19(25)26/h6-9,11-12,19H,2-5,10H2,1H3,(H,24,27)/t19-/m1/s1. The quantitative estimate of drug-likeness (QED) is 0.748. The Morgan fingerprint density at radius 3 is 2.82 bits per heavy atom. The first kappa shape index (κ1) is 18.9. The van der Waals surface area contributed by atoms with Crippen LogP contribution in [0.5, 0.6) is 0 Å². The zero-order chi connectivity index (χ0) is 19.8. The fraction of sp³-hybridized carbons (Fsp3) is 0.333. The Hall–Kier alpha value is -2.41. The average Bonchev–Trinajstić information content (AvgIpc) is 2.70. The van der Waals surface area contributed by atoms with Crippen molar-refractivity contribution < 1.29 is 14.0 Å². The number of amides is 2. The van der Waals surface area contributed by atoms with E-state index in [-0.39, 0.29) is 17.8 Å². The summed E-state index contributed by atoms with van der Waals surface area (Å²) in [5, 5.41) is 2.61. The lowest BCUT2D eigenvalue weighted by atomic mass is 9.97. The van der Waals surface area contributed by atoms with Gasteiger partial charge in [-0.25, -0.2) is 4.39 Å². The number of carbonyl (C=O) groups excluding carboxylic acids is 2. The maximum atomic E-state index is 14.1. The molecule has 2 aliphatic rings. The summed E-state index contributed by atoms with van der Waals surface area (Å²) in [4.78, 5) is 29.7. The second-order valence-corrected chi connectivity index (χ2v) is 7.99. The van der Waals surface area contributed by atoms with Gasteiger partial charge in [0.1, 0.15) is 12.0 Å². The molecule has 0 spiro atoms. The largest absolute Gasteiger partial charge is 0.351 e. The molecule has 0 bridgehead atoms. The van der Waals surface area contributed by atoms with Gasteiger partial charge in [-0.05, 0) is 62.6 Å². The fourth-order valence-electron chi connectivity index (χ4n) is 4.05. The van der Waals surface area contributed by atoms with Crippen LogP contribution in [0.25, 0.3) is 0 Å². The molecule has 0 aromatic heterocycles. The summed E-state index contributed by atoms with van der Waals surface area (Å²) in [5.41, 5.74) is 1.91. The number of benzene rings is 2. The number of piperidine rings is 1. The number of hydrogen-bond donors (Lipinski definition) is 1. The van der Waals surface area contributed by atoms with Crippen molar-refractivity contribution in [1.29, 1.82) is 0 Å². The van der Waals surface area contributed by atoms with E-state index in [4.69, 9.17) is 0 Å². The lowest BCUT2D eigenvalue weighted by Gasteiger charge is -2.47. The highest BCUT2D eigenvalue weighted by Crippen LogP contribution is 2.36. The molecular formula is C21H21BrFN3O2. The smallest absolute Gasteiger partial charge is 0.257 e. The number of anilines is 2. The first-order valence-electron chi connectivity index (χ1n) is 9.47. The minimum atomic E-state index is -0.510. The number of nitrogens with one attached hydrogen (secondary N) is 1. The summed E-state index contributed by atoms with van der Waals surface area (Å²) in [6, 6.07) is 9.56. The predicted molar refractivity (Wildman–Crippen MR) is 110 cm³/mol. The van der Waals surface area contributed by atoms with E-state index < -0.39 is 11.7 Å². The molecule has 1 N–H and O–H groups in total. The minimum absolute atomic E-state index is 0.0234. The van der Waals surface area contributed by atoms with Gasteiger partial charge in [-0.1, -0.05) is 15.9 Å². The highest BCUT2D eigenvalue weighted by molar-refractivity contribution is 9.10. The Balaban J connectivity index is 1.66. The van der Waals surface area contributed by atoms with Gasteiger partial charge in [-0.2, -0.15) is 0 Å². The number of nitrogens with zero attached hydrogens (tertiary/aromatic N) is 2. The van der Waals surface area contributed by atoms with E-state index in [1.807, 2.05) is 4.90 Å². The maximum absolute atomic E-state index is 14.1. The number of fused-ring (bicyclic) bond motifs is 2. The molecule has 1 atom stereocenters. The molecule has 5 nitrogen and oxygen atoms in total. The Kier molecular flexibility index (Phi) is 5.10. The van der Waals surface area contributed by atoms with E-state index in [0.29, 0.717) is 15.6 Å². The number of hydrogen-bond acceptors (Lipinski definition) is 3. The van der Waals surface area contributed by atoms with Crippen LogP contribution < -0.4 is 10.2 Å². The lowest BCUT2D eigenvalue weighted by molar-refractivity contribution is 0.0582. The zero-order valence-corrected chi connectivity index (χ0v) is 17.1. The average molecular weight is 446 g/mol. The van der Waals surface area contributed by atoms with Crippen LogP contribution in [-0.2, 0) is 0 Å². The van der Waals surface area contributed by atoms with Gasteiger partial charge in [0.05, 0.1) is 16.9 Å². The molecule has 28 heavy (non-hydrogen) atoms. The number of halogens is 2. The summed E-state index contributed by atoms with van der Waals surface area (Å²) < 4.78 is 14.7. The van der Waals surface area contributed by atoms with Gasteiger partial charge in [0.2, 0.25) is 0 Å². The molecule has 4 rings (SSSR count). The van der Waals surface area contributed by atoms with E-state index in [9.17, 15) is 14.0 Å². The topological polar surface area (TPSA) is 52.7 Å². The zero-order valence-electron chi connectivity index (χ0n) is 15.5. The van der Waals surface area contributed by atoms with Crippen LogP contribution >= 0.6 is 15.9 Å². The van der Waals surface area contributed by atoms with Gasteiger partial charge in [0, 0.05) is 23.1 Å². The van der Waals surface area contributed by atoms with Crippen LogP contribution in [0.2, 0.25) is 0 Å². The molecule has 2 aliphatic heterocycles. The summed E-state index contributed by atoms with van der Waals surface area (Å²) in [6.45, 7) is 3.56. The van der Waals surface area contributed by atoms with E-state index >= 15 is 0 Å². The molecule has 1 fully saturated rings. The normalized spacial score (nSPS) is 18.5. The summed E-state index contributed by atoms with van der Waals surface area (Å²) in [5.74, 6) is -0.891. The Morgan fingerprint density at radius 2 is 2.07 bits per heavy atom. The molecule has 2 amide bonds. The van der Waals surface area contributed by atoms with Gasteiger partial charge >= 0.3 is 0 Å². The lowest BCUT2D eigenvalue weighted by Crippen LogP contribution is -2.57. The molecule has 2 aromatic rings. The minimum Gasteiger partial charge on any atom is -0.351 e. The third kappa shape index (κ3) is 3.28. The monoisotopic (exact) mass is 445 g/mol. The molecule has 2 heterocycles. The third-order valence-corrected chi connectivity index (χ3v) is 5.90. The molecule has 2 aromatic carbocycles. The molecule has 0 aliphatic carbocycles. The van der Waals surface area contributed by atoms with Crippen molar-refractivity contribution in [3.05, 3.63) is 57.8 Å². The van der Waals surface area contributed by atoms with Crippen LogP contribution in [0.15, 0.2) is 40.9 Å². The van der Waals surface area contributed by atoms with Crippen LogP contribution in [0.1, 0.15) is 46.9 Å². The van der Waals surface area contributed by atoms with E-state index in [1.54, 1.807) is 24.3 Å².